The fraction of sp³-hybridized carbons (Fsp3) is 0.727. The van der Waals surface area contributed by atoms with Gasteiger partial charge in [0.05, 0.1) is 0 Å². The van der Waals surface area contributed by atoms with Crippen molar-refractivity contribution in [2.45, 2.75) is 71.3 Å². The maximum absolute atomic E-state index is 3.60. The number of nitrogens with zero attached hydrogens (tertiary/aromatic N) is 1. The molecule has 1 atom stereocenters. The van der Waals surface area contributed by atoms with Crippen molar-refractivity contribution in [3.8, 4) is 0 Å². The van der Waals surface area contributed by atoms with Crippen molar-refractivity contribution in [3.05, 3.63) is 29.3 Å². The van der Waals surface area contributed by atoms with Crippen LogP contribution in [0.15, 0.2) is 18.2 Å². The molecule has 132 valence electrons. The van der Waals surface area contributed by atoms with E-state index >= 15 is 0 Å². The molecule has 1 unspecified atom stereocenters. The van der Waals surface area contributed by atoms with Gasteiger partial charge in [-0.3, -0.25) is 4.90 Å². The highest BCUT2D eigenvalue weighted by Gasteiger charge is 2.38. The topological polar surface area (TPSA) is 15.3 Å². The van der Waals surface area contributed by atoms with Crippen molar-refractivity contribution >= 4 is 5.69 Å². The Morgan fingerprint density at radius 2 is 2.00 bits per heavy atom. The normalized spacial score (nSPS) is 26.5. The van der Waals surface area contributed by atoms with Gasteiger partial charge < -0.3 is 5.32 Å². The van der Waals surface area contributed by atoms with E-state index in [1.165, 1.54) is 69.3 Å². The van der Waals surface area contributed by atoms with Crippen LogP contribution < -0.4 is 5.32 Å². The fourth-order valence-corrected chi connectivity index (χ4v) is 5.52. The molecule has 3 aliphatic rings. The van der Waals surface area contributed by atoms with Crippen molar-refractivity contribution in [2.75, 3.05) is 25.0 Å². The fourth-order valence-electron chi connectivity index (χ4n) is 5.52. The van der Waals surface area contributed by atoms with Crippen LogP contribution in [-0.4, -0.2) is 24.5 Å². The molecule has 1 saturated heterocycles. The molecule has 24 heavy (non-hydrogen) atoms. The Bertz CT molecular complexity index is 571. The largest absolute Gasteiger partial charge is 0.385 e. The van der Waals surface area contributed by atoms with Gasteiger partial charge in [0.1, 0.15) is 0 Å². The van der Waals surface area contributed by atoms with E-state index in [-0.39, 0.29) is 0 Å². The summed E-state index contributed by atoms with van der Waals surface area (Å²) in [5.74, 6) is 1.46. The van der Waals surface area contributed by atoms with Gasteiger partial charge in [-0.15, -0.1) is 0 Å². The van der Waals surface area contributed by atoms with Crippen LogP contribution in [-0.2, 0) is 6.54 Å². The molecule has 1 aromatic carbocycles. The van der Waals surface area contributed by atoms with Gasteiger partial charge in [0, 0.05) is 25.3 Å². The summed E-state index contributed by atoms with van der Waals surface area (Å²) in [5.41, 5.74) is 5.15. The van der Waals surface area contributed by atoms with E-state index < -0.39 is 0 Å². The van der Waals surface area contributed by atoms with E-state index in [2.05, 4.69) is 42.3 Å². The number of nitrogens with one attached hydrogen (secondary N) is 1. The molecule has 2 aliphatic heterocycles. The Morgan fingerprint density at radius 1 is 1.17 bits per heavy atom. The summed E-state index contributed by atoms with van der Waals surface area (Å²) in [6.45, 7) is 9.68. The molecule has 0 aromatic heterocycles. The number of likely N-dealkylation sites (tertiary alicyclic amines) is 1. The third-order valence-electron chi connectivity index (χ3n) is 6.93. The first-order chi connectivity index (χ1) is 11.7. The molecule has 1 spiro atoms. The second-order valence-electron chi connectivity index (χ2n) is 9.01. The molecule has 2 nitrogen and oxygen atoms in total. The minimum Gasteiger partial charge on any atom is -0.385 e. The second-order valence-corrected chi connectivity index (χ2v) is 9.01. The summed E-state index contributed by atoms with van der Waals surface area (Å²) < 4.78 is 0. The molecule has 1 N–H and O–H groups in total. The molecule has 2 heteroatoms. The van der Waals surface area contributed by atoms with Gasteiger partial charge in [0.25, 0.3) is 0 Å². The predicted octanol–water partition coefficient (Wildman–Crippen LogP) is 5.40. The zero-order valence-electron chi connectivity index (χ0n) is 15.6. The van der Waals surface area contributed by atoms with Gasteiger partial charge in [-0.05, 0) is 66.7 Å². The number of benzene rings is 1. The summed E-state index contributed by atoms with van der Waals surface area (Å²) in [7, 11) is 0. The van der Waals surface area contributed by atoms with Gasteiger partial charge in [0.15, 0.2) is 0 Å². The van der Waals surface area contributed by atoms with Crippen molar-refractivity contribution in [1.29, 1.82) is 0 Å². The van der Waals surface area contributed by atoms with Crippen LogP contribution in [0.1, 0.15) is 75.8 Å². The summed E-state index contributed by atoms with van der Waals surface area (Å²) in [4.78, 5) is 2.73. The van der Waals surface area contributed by atoms with Crippen LogP contribution in [0.4, 0.5) is 5.69 Å². The Kier molecular flexibility index (Phi) is 4.60. The van der Waals surface area contributed by atoms with Crippen LogP contribution in [0.5, 0.6) is 0 Å². The number of anilines is 1. The lowest BCUT2D eigenvalue weighted by Crippen LogP contribution is -2.29. The molecular formula is C22H34N2. The Labute approximate surface area is 148 Å². The van der Waals surface area contributed by atoms with Gasteiger partial charge in [0.2, 0.25) is 0 Å². The lowest BCUT2D eigenvalue weighted by atomic mass is 9.73. The van der Waals surface area contributed by atoms with E-state index in [0.29, 0.717) is 5.41 Å². The van der Waals surface area contributed by atoms with Gasteiger partial charge in [-0.25, -0.2) is 0 Å². The second kappa shape index (κ2) is 6.71. The Hall–Kier alpha value is -1.02. The monoisotopic (exact) mass is 326 g/mol. The molecule has 2 fully saturated rings. The molecular weight excluding hydrogens is 292 g/mol. The van der Waals surface area contributed by atoms with Crippen LogP contribution in [0, 0.1) is 11.3 Å². The average molecular weight is 327 g/mol. The SMILES string of the molecule is CC(C)C1CCNc2ccc(CN3CCC4(CCCCC4)C3)cc21. The van der Waals surface area contributed by atoms with Crippen LogP contribution in [0.25, 0.3) is 0 Å². The third-order valence-corrected chi connectivity index (χ3v) is 6.93. The minimum atomic E-state index is 0.675. The lowest BCUT2D eigenvalue weighted by molar-refractivity contribution is 0.183. The van der Waals surface area contributed by atoms with E-state index in [9.17, 15) is 0 Å². The molecule has 1 aliphatic carbocycles. The third kappa shape index (κ3) is 3.22. The number of hydrogen-bond acceptors (Lipinski definition) is 2. The maximum Gasteiger partial charge on any atom is 0.0375 e. The molecule has 0 bridgehead atoms. The summed E-state index contributed by atoms with van der Waals surface area (Å²) in [6.07, 6.45) is 10.1. The zero-order valence-corrected chi connectivity index (χ0v) is 15.6. The van der Waals surface area contributed by atoms with E-state index in [1.807, 2.05) is 0 Å². The number of rotatable bonds is 3. The highest BCUT2D eigenvalue weighted by molar-refractivity contribution is 5.56. The lowest BCUT2D eigenvalue weighted by Gasteiger charge is -2.33. The average Bonchev–Trinajstić information content (AvgIpc) is 2.96. The van der Waals surface area contributed by atoms with Crippen molar-refractivity contribution in [2.24, 2.45) is 11.3 Å². The maximum atomic E-state index is 3.60. The predicted molar refractivity (Wildman–Crippen MR) is 103 cm³/mol. The minimum absolute atomic E-state index is 0.675. The van der Waals surface area contributed by atoms with Crippen molar-refractivity contribution in [3.63, 3.8) is 0 Å². The van der Waals surface area contributed by atoms with Crippen LogP contribution in [0.3, 0.4) is 0 Å². The van der Waals surface area contributed by atoms with Crippen LogP contribution in [0.2, 0.25) is 0 Å². The first kappa shape index (κ1) is 16.4. The molecule has 1 aromatic rings. The molecule has 2 heterocycles. The van der Waals surface area contributed by atoms with Gasteiger partial charge in [-0.2, -0.15) is 0 Å². The highest BCUT2D eigenvalue weighted by atomic mass is 15.2. The standard InChI is InChI=1S/C22H34N2/c1-17(2)19-8-12-23-21-7-6-18(14-20(19)21)15-24-13-11-22(16-24)9-4-3-5-10-22/h6-7,14,17,19,23H,3-5,8-13,15-16H2,1-2H3. The number of hydrogen-bond donors (Lipinski definition) is 1. The summed E-state index contributed by atoms with van der Waals surface area (Å²) in [6, 6.07) is 7.21. The molecule has 0 amide bonds. The van der Waals surface area contributed by atoms with E-state index in [1.54, 1.807) is 5.56 Å². The summed E-state index contributed by atoms with van der Waals surface area (Å²) >= 11 is 0. The van der Waals surface area contributed by atoms with Crippen molar-refractivity contribution < 1.29 is 0 Å². The number of fused-ring (bicyclic) bond motifs is 1. The summed E-state index contributed by atoms with van der Waals surface area (Å²) in [5, 5.41) is 3.60. The first-order valence-corrected chi connectivity index (χ1v) is 10.2. The Balaban J connectivity index is 1.47. The smallest absolute Gasteiger partial charge is 0.0375 e. The quantitative estimate of drug-likeness (QED) is 0.800. The van der Waals surface area contributed by atoms with Crippen LogP contribution >= 0.6 is 0 Å². The Morgan fingerprint density at radius 3 is 2.79 bits per heavy atom. The zero-order chi connectivity index (χ0) is 16.6. The van der Waals surface area contributed by atoms with Crippen molar-refractivity contribution in [1.82, 2.24) is 4.90 Å². The highest BCUT2D eigenvalue weighted by Crippen LogP contribution is 2.44. The van der Waals surface area contributed by atoms with E-state index in [0.717, 1.165) is 24.9 Å². The molecule has 1 saturated carbocycles. The first-order valence-electron chi connectivity index (χ1n) is 10.2. The molecule has 4 rings (SSSR count). The molecule has 0 radical (unpaired) electrons. The van der Waals surface area contributed by atoms with Gasteiger partial charge in [-0.1, -0.05) is 45.2 Å². The van der Waals surface area contributed by atoms with Gasteiger partial charge >= 0.3 is 0 Å². The van der Waals surface area contributed by atoms with E-state index in [4.69, 9.17) is 0 Å².